The zero-order valence-electron chi connectivity index (χ0n) is 9.57. The summed E-state index contributed by atoms with van der Waals surface area (Å²) < 4.78 is 7.03. The summed E-state index contributed by atoms with van der Waals surface area (Å²) in [6.45, 7) is 1.59. The maximum Gasteiger partial charge on any atom is 0.331 e. The van der Waals surface area contributed by atoms with Gasteiger partial charge in [-0.1, -0.05) is 0 Å². The second kappa shape index (κ2) is 3.69. The van der Waals surface area contributed by atoms with Crippen molar-refractivity contribution in [2.45, 2.75) is 25.0 Å². The Balaban J connectivity index is 1.87. The number of nitro groups is 1. The molecule has 2 fully saturated rings. The molecule has 2 unspecified atom stereocenters. The minimum absolute atomic E-state index is 0.0870. The first-order chi connectivity index (χ1) is 8.16. The first kappa shape index (κ1) is 10.5. The summed E-state index contributed by atoms with van der Waals surface area (Å²) in [5.41, 5.74) is 0.0870. The molecule has 2 saturated heterocycles. The van der Waals surface area contributed by atoms with Crippen LogP contribution in [0.25, 0.3) is 0 Å². The SMILES string of the molecule is Cn1ncc([N+](=O)[O-])c1N1CCC2OC2CC1. The van der Waals surface area contributed by atoms with Gasteiger partial charge in [0.1, 0.15) is 6.20 Å². The predicted octanol–water partition coefficient (Wildman–Crippen LogP) is 0.696. The molecule has 2 aliphatic heterocycles. The first-order valence-corrected chi connectivity index (χ1v) is 5.73. The maximum atomic E-state index is 10.9. The van der Waals surface area contributed by atoms with Crippen LogP contribution in [-0.2, 0) is 11.8 Å². The van der Waals surface area contributed by atoms with Crippen molar-refractivity contribution >= 4 is 11.5 Å². The Kier molecular flexibility index (Phi) is 2.29. The number of rotatable bonds is 2. The van der Waals surface area contributed by atoms with Gasteiger partial charge in [-0.3, -0.25) is 10.1 Å². The highest BCUT2D eigenvalue weighted by atomic mass is 16.6. The van der Waals surface area contributed by atoms with Gasteiger partial charge in [-0.15, -0.1) is 0 Å². The van der Waals surface area contributed by atoms with Crippen LogP contribution in [0.5, 0.6) is 0 Å². The number of hydrogen-bond donors (Lipinski definition) is 0. The van der Waals surface area contributed by atoms with Crippen LogP contribution in [0.3, 0.4) is 0 Å². The topological polar surface area (TPSA) is 76.7 Å². The molecule has 0 aromatic carbocycles. The molecule has 2 atom stereocenters. The summed E-state index contributed by atoms with van der Waals surface area (Å²) in [5.74, 6) is 0.608. The van der Waals surface area contributed by atoms with Gasteiger partial charge in [-0.2, -0.15) is 5.10 Å². The molecular weight excluding hydrogens is 224 g/mol. The largest absolute Gasteiger partial charge is 0.369 e. The number of nitrogens with zero attached hydrogens (tertiary/aromatic N) is 4. The Morgan fingerprint density at radius 3 is 2.71 bits per heavy atom. The molecule has 7 heteroatoms. The fourth-order valence-electron chi connectivity index (χ4n) is 2.49. The highest BCUT2D eigenvalue weighted by Crippen LogP contribution is 2.35. The maximum absolute atomic E-state index is 10.9. The number of aromatic nitrogens is 2. The average Bonchev–Trinajstić information content (AvgIpc) is 2.95. The molecular formula is C10H14N4O3. The lowest BCUT2D eigenvalue weighted by molar-refractivity contribution is -0.384. The van der Waals surface area contributed by atoms with E-state index in [1.165, 1.54) is 6.20 Å². The fourth-order valence-corrected chi connectivity index (χ4v) is 2.49. The van der Waals surface area contributed by atoms with Gasteiger partial charge in [0.05, 0.1) is 17.1 Å². The molecule has 0 saturated carbocycles. The predicted molar refractivity (Wildman–Crippen MR) is 60.0 cm³/mol. The van der Waals surface area contributed by atoms with Crippen LogP contribution in [0.1, 0.15) is 12.8 Å². The number of anilines is 1. The average molecular weight is 238 g/mol. The Morgan fingerprint density at radius 2 is 2.12 bits per heavy atom. The van der Waals surface area contributed by atoms with E-state index in [-0.39, 0.29) is 10.6 Å². The van der Waals surface area contributed by atoms with Gasteiger partial charge in [0.15, 0.2) is 0 Å². The summed E-state index contributed by atoms with van der Waals surface area (Å²) in [6, 6.07) is 0. The van der Waals surface area contributed by atoms with Crippen LogP contribution in [0.2, 0.25) is 0 Å². The van der Waals surface area contributed by atoms with Crippen LogP contribution in [0.15, 0.2) is 6.20 Å². The molecule has 1 aromatic heterocycles. The third-order valence-corrected chi connectivity index (χ3v) is 3.44. The van der Waals surface area contributed by atoms with Gasteiger partial charge in [0.2, 0.25) is 5.82 Å². The van der Waals surface area contributed by atoms with Crippen LogP contribution >= 0.6 is 0 Å². The van der Waals surface area contributed by atoms with E-state index in [9.17, 15) is 10.1 Å². The van der Waals surface area contributed by atoms with Crippen molar-refractivity contribution in [2.24, 2.45) is 7.05 Å². The van der Waals surface area contributed by atoms with Crippen molar-refractivity contribution in [3.63, 3.8) is 0 Å². The summed E-state index contributed by atoms with van der Waals surface area (Å²) in [5, 5.41) is 14.9. The van der Waals surface area contributed by atoms with Crippen LogP contribution in [0, 0.1) is 10.1 Å². The number of epoxide rings is 1. The second-order valence-corrected chi connectivity index (χ2v) is 4.51. The number of ether oxygens (including phenoxy) is 1. The normalized spacial score (nSPS) is 27.5. The Bertz CT molecular complexity index is 446. The van der Waals surface area contributed by atoms with E-state index in [2.05, 4.69) is 5.10 Å². The van der Waals surface area contributed by atoms with Gasteiger partial charge in [-0.25, -0.2) is 4.68 Å². The fraction of sp³-hybridized carbons (Fsp3) is 0.700. The summed E-state index contributed by atoms with van der Waals surface area (Å²) in [4.78, 5) is 12.6. The highest BCUT2D eigenvalue weighted by molar-refractivity contribution is 5.57. The zero-order valence-corrected chi connectivity index (χ0v) is 9.57. The zero-order chi connectivity index (χ0) is 12.0. The van der Waals surface area contributed by atoms with Gasteiger partial charge in [0.25, 0.3) is 0 Å². The standard InChI is InChI=1S/C10H14N4O3/c1-12-10(7(6-11-12)14(15)16)13-4-2-8-9(17-8)3-5-13/h6,8-9H,2-5H2,1H3. The van der Waals surface area contributed by atoms with Gasteiger partial charge < -0.3 is 9.64 Å². The molecule has 92 valence electrons. The van der Waals surface area contributed by atoms with Crippen LogP contribution < -0.4 is 4.90 Å². The van der Waals surface area contributed by atoms with Crippen molar-refractivity contribution in [3.05, 3.63) is 16.3 Å². The molecule has 0 radical (unpaired) electrons. The highest BCUT2D eigenvalue weighted by Gasteiger charge is 2.41. The molecule has 1 aromatic rings. The first-order valence-electron chi connectivity index (χ1n) is 5.73. The summed E-state index contributed by atoms with van der Waals surface area (Å²) >= 11 is 0. The van der Waals surface area contributed by atoms with Gasteiger partial charge in [0, 0.05) is 20.1 Å². The molecule has 2 aliphatic rings. The molecule has 17 heavy (non-hydrogen) atoms. The van der Waals surface area contributed by atoms with Crippen molar-refractivity contribution in [1.82, 2.24) is 9.78 Å². The van der Waals surface area contributed by atoms with E-state index < -0.39 is 0 Å². The molecule has 0 N–H and O–H groups in total. The number of aryl methyl sites for hydroxylation is 1. The van der Waals surface area contributed by atoms with Crippen molar-refractivity contribution in [2.75, 3.05) is 18.0 Å². The molecule has 3 rings (SSSR count). The lowest BCUT2D eigenvalue weighted by Gasteiger charge is -2.21. The van der Waals surface area contributed by atoms with E-state index in [4.69, 9.17) is 4.74 Å². The molecule has 0 amide bonds. The molecule has 0 spiro atoms. The second-order valence-electron chi connectivity index (χ2n) is 4.51. The van der Waals surface area contributed by atoms with E-state index in [1.54, 1.807) is 11.7 Å². The number of hydrogen-bond acceptors (Lipinski definition) is 5. The third kappa shape index (κ3) is 1.76. The van der Waals surface area contributed by atoms with Crippen LogP contribution in [0.4, 0.5) is 11.5 Å². The number of fused-ring (bicyclic) bond motifs is 1. The minimum atomic E-state index is -0.371. The monoisotopic (exact) mass is 238 g/mol. The smallest absolute Gasteiger partial charge is 0.331 e. The van der Waals surface area contributed by atoms with E-state index >= 15 is 0 Å². The van der Waals surface area contributed by atoms with E-state index in [0.717, 1.165) is 25.9 Å². The lowest BCUT2D eigenvalue weighted by Crippen LogP contribution is -2.28. The lowest BCUT2D eigenvalue weighted by atomic mass is 10.2. The van der Waals surface area contributed by atoms with Gasteiger partial charge >= 0.3 is 5.69 Å². The minimum Gasteiger partial charge on any atom is -0.369 e. The Morgan fingerprint density at radius 1 is 1.47 bits per heavy atom. The Labute approximate surface area is 98.1 Å². The van der Waals surface area contributed by atoms with Crippen molar-refractivity contribution in [3.8, 4) is 0 Å². The Hall–Kier alpha value is -1.63. The van der Waals surface area contributed by atoms with Crippen LogP contribution in [-0.4, -0.2) is 40.0 Å². The van der Waals surface area contributed by atoms with Crippen molar-refractivity contribution in [1.29, 1.82) is 0 Å². The quantitative estimate of drug-likeness (QED) is 0.430. The summed E-state index contributed by atoms with van der Waals surface area (Å²) in [6.07, 6.45) is 3.93. The molecule has 7 nitrogen and oxygen atoms in total. The van der Waals surface area contributed by atoms with E-state index in [1.807, 2.05) is 4.90 Å². The molecule has 0 aliphatic carbocycles. The van der Waals surface area contributed by atoms with Crippen molar-refractivity contribution < 1.29 is 9.66 Å². The molecule has 3 heterocycles. The van der Waals surface area contributed by atoms with E-state index in [0.29, 0.717) is 18.0 Å². The summed E-state index contributed by atoms with van der Waals surface area (Å²) in [7, 11) is 1.74. The van der Waals surface area contributed by atoms with Gasteiger partial charge in [-0.05, 0) is 12.8 Å². The molecule has 0 bridgehead atoms. The third-order valence-electron chi connectivity index (χ3n) is 3.44.